The summed E-state index contributed by atoms with van der Waals surface area (Å²) in [6.07, 6.45) is 4.23. The highest BCUT2D eigenvalue weighted by atomic mass is 32.1. The minimum Gasteiger partial charge on any atom is -0.389 e. The molecule has 0 unspecified atom stereocenters. The van der Waals surface area contributed by atoms with Crippen molar-refractivity contribution in [2.75, 3.05) is 25.5 Å². The van der Waals surface area contributed by atoms with Gasteiger partial charge in [-0.15, -0.1) is 5.10 Å². The Balaban J connectivity index is 1.87. The van der Waals surface area contributed by atoms with Crippen molar-refractivity contribution < 1.29 is 0 Å². The molecule has 92 valence electrons. The average molecular weight is 251 g/mol. The lowest BCUT2D eigenvalue weighted by atomic mass is 10.3. The maximum absolute atomic E-state index is 5.62. The second-order valence-electron chi connectivity index (χ2n) is 4.30. The van der Waals surface area contributed by atoms with E-state index in [2.05, 4.69) is 27.5 Å². The molecule has 0 saturated heterocycles. The second kappa shape index (κ2) is 5.37. The van der Waals surface area contributed by atoms with Crippen molar-refractivity contribution in [1.29, 1.82) is 0 Å². The fourth-order valence-corrected chi connectivity index (χ4v) is 1.87. The third-order valence-corrected chi connectivity index (χ3v) is 3.13. The van der Waals surface area contributed by atoms with Crippen LogP contribution in [0.3, 0.4) is 0 Å². The molecule has 0 aliphatic heterocycles. The van der Waals surface area contributed by atoms with Crippen molar-refractivity contribution in [2.24, 2.45) is 5.73 Å². The average Bonchev–Trinajstić information content (AvgIpc) is 3.13. The van der Waals surface area contributed by atoms with E-state index in [9.17, 15) is 0 Å². The third-order valence-electron chi connectivity index (χ3n) is 2.91. The van der Waals surface area contributed by atoms with E-state index >= 15 is 0 Å². The predicted octanol–water partition coefficient (Wildman–Crippen LogP) is 0.617. The second-order valence-corrected chi connectivity index (χ2v) is 4.74. The van der Waals surface area contributed by atoms with Crippen LogP contribution in [0.1, 0.15) is 18.4 Å². The molecule has 1 fully saturated rings. The van der Waals surface area contributed by atoms with Gasteiger partial charge in [-0.3, -0.25) is 0 Å². The molecule has 0 amide bonds. The molecule has 17 heavy (non-hydrogen) atoms. The van der Waals surface area contributed by atoms with Crippen LogP contribution in [0.4, 0.5) is 5.82 Å². The highest BCUT2D eigenvalue weighted by molar-refractivity contribution is 7.80. The van der Waals surface area contributed by atoms with Crippen LogP contribution < -0.4 is 11.1 Å². The summed E-state index contributed by atoms with van der Waals surface area (Å²) < 4.78 is 0. The molecule has 0 aromatic carbocycles. The maximum atomic E-state index is 5.62. The first-order chi connectivity index (χ1) is 8.18. The third kappa shape index (κ3) is 3.34. The predicted molar refractivity (Wildman–Crippen MR) is 72.1 cm³/mol. The van der Waals surface area contributed by atoms with Gasteiger partial charge in [0.05, 0.1) is 11.8 Å². The Bertz CT molecular complexity index is 405. The largest absolute Gasteiger partial charge is 0.389 e. The molecule has 1 aromatic heterocycles. The van der Waals surface area contributed by atoms with Gasteiger partial charge in [0, 0.05) is 19.1 Å². The number of thiocarbonyl (C=S) groups is 1. The number of nitrogens with zero attached hydrogens (tertiary/aromatic N) is 3. The minimum atomic E-state index is 0.345. The van der Waals surface area contributed by atoms with Crippen LogP contribution in [-0.4, -0.2) is 46.3 Å². The Kier molecular flexibility index (Phi) is 3.86. The summed E-state index contributed by atoms with van der Waals surface area (Å²) in [7, 11) is 2.14. The van der Waals surface area contributed by atoms with Crippen LogP contribution in [-0.2, 0) is 0 Å². The highest BCUT2D eigenvalue weighted by Gasteiger charge is 2.25. The molecule has 6 heteroatoms. The van der Waals surface area contributed by atoms with E-state index in [0.717, 1.165) is 24.7 Å². The lowest BCUT2D eigenvalue weighted by molar-refractivity contribution is 0.337. The van der Waals surface area contributed by atoms with Gasteiger partial charge >= 0.3 is 0 Å². The summed E-state index contributed by atoms with van der Waals surface area (Å²) in [5, 5.41) is 11.1. The Morgan fingerprint density at radius 1 is 1.65 bits per heavy atom. The molecular weight excluding hydrogens is 234 g/mol. The molecule has 1 saturated carbocycles. The molecule has 5 nitrogen and oxygen atoms in total. The smallest absolute Gasteiger partial charge is 0.158 e. The van der Waals surface area contributed by atoms with Gasteiger partial charge in [0.2, 0.25) is 0 Å². The van der Waals surface area contributed by atoms with Gasteiger partial charge in [0.25, 0.3) is 0 Å². The van der Waals surface area contributed by atoms with Crippen molar-refractivity contribution in [3.8, 4) is 0 Å². The lowest BCUT2D eigenvalue weighted by Gasteiger charge is -2.16. The summed E-state index contributed by atoms with van der Waals surface area (Å²) in [4.78, 5) is 2.70. The molecule has 0 spiro atoms. The van der Waals surface area contributed by atoms with Crippen LogP contribution in [0.15, 0.2) is 12.3 Å². The summed E-state index contributed by atoms with van der Waals surface area (Å²) in [5.41, 5.74) is 6.37. The number of anilines is 1. The van der Waals surface area contributed by atoms with Gasteiger partial charge in [-0.1, -0.05) is 12.2 Å². The standard InChI is InChI=1S/C11H17N5S/c1-16(8-2-3-8)7-6-13-11-9(10(12)17)4-5-14-15-11/h4-5,8H,2-3,6-7H2,1H3,(H2,12,17)(H,13,15). The SMILES string of the molecule is CN(CCNc1nnccc1C(N)=S)C1CC1. The van der Waals surface area contributed by atoms with Crippen molar-refractivity contribution in [3.63, 3.8) is 0 Å². The zero-order chi connectivity index (χ0) is 12.3. The Hall–Kier alpha value is -1.27. The van der Waals surface area contributed by atoms with E-state index in [0.29, 0.717) is 10.8 Å². The first-order valence-corrected chi connectivity index (χ1v) is 6.15. The zero-order valence-corrected chi connectivity index (χ0v) is 10.7. The molecule has 1 heterocycles. The van der Waals surface area contributed by atoms with Crippen LogP contribution in [0.5, 0.6) is 0 Å². The van der Waals surface area contributed by atoms with Gasteiger partial charge in [-0.2, -0.15) is 5.10 Å². The summed E-state index contributed by atoms with van der Waals surface area (Å²) >= 11 is 4.96. The molecule has 1 aromatic rings. The monoisotopic (exact) mass is 251 g/mol. The number of likely N-dealkylation sites (N-methyl/N-ethyl adjacent to an activating group) is 1. The zero-order valence-electron chi connectivity index (χ0n) is 9.89. The number of hydrogen-bond acceptors (Lipinski definition) is 5. The number of hydrogen-bond donors (Lipinski definition) is 2. The van der Waals surface area contributed by atoms with Crippen molar-refractivity contribution in [3.05, 3.63) is 17.8 Å². The summed E-state index contributed by atoms with van der Waals surface area (Å²) in [6, 6.07) is 2.55. The van der Waals surface area contributed by atoms with Gasteiger partial charge in [0.15, 0.2) is 5.82 Å². The van der Waals surface area contributed by atoms with Gasteiger partial charge in [-0.05, 0) is 26.0 Å². The number of nitrogens with two attached hydrogens (primary N) is 1. The Morgan fingerprint density at radius 2 is 2.41 bits per heavy atom. The van der Waals surface area contributed by atoms with E-state index in [-0.39, 0.29) is 0 Å². The summed E-state index contributed by atoms with van der Waals surface area (Å²) in [5.74, 6) is 0.671. The van der Waals surface area contributed by atoms with Crippen LogP contribution in [0.25, 0.3) is 0 Å². The minimum absolute atomic E-state index is 0.345. The summed E-state index contributed by atoms with van der Waals surface area (Å²) in [6.45, 7) is 1.80. The molecule has 3 N–H and O–H groups in total. The van der Waals surface area contributed by atoms with E-state index in [1.165, 1.54) is 12.8 Å². The molecule has 0 atom stereocenters. The Morgan fingerprint density at radius 3 is 3.06 bits per heavy atom. The number of rotatable bonds is 6. The van der Waals surface area contributed by atoms with Gasteiger partial charge < -0.3 is 16.0 Å². The van der Waals surface area contributed by atoms with Crippen LogP contribution >= 0.6 is 12.2 Å². The van der Waals surface area contributed by atoms with E-state index in [1.807, 2.05) is 0 Å². The van der Waals surface area contributed by atoms with Crippen molar-refractivity contribution >= 4 is 23.0 Å². The van der Waals surface area contributed by atoms with Gasteiger partial charge in [-0.25, -0.2) is 0 Å². The molecule has 0 bridgehead atoms. The fourth-order valence-electron chi connectivity index (χ4n) is 1.71. The van der Waals surface area contributed by atoms with Crippen LogP contribution in [0, 0.1) is 0 Å². The number of nitrogens with one attached hydrogen (secondary N) is 1. The highest BCUT2D eigenvalue weighted by Crippen LogP contribution is 2.24. The number of aromatic nitrogens is 2. The lowest BCUT2D eigenvalue weighted by Crippen LogP contribution is -2.28. The van der Waals surface area contributed by atoms with E-state index in [1.54, 1.807) is 12.3 Å². The molecule has 0 radical (unpaired) electrons. The normalized spacial score (nSPS) is 14.9. The topological polar surface area (TPSA) is 67.1 Å². The quantitative estimate of drug-likeness (QED) is 0.722. The van der Waals surface area contributed by atoms with E-state index < -0.39 is 0 Å². The first kappa shape index (κ1) is 12.2. The first-order valence-electron chi connectivity index (χ1n) is 5.74. The van der Waals surface area contributed by atoms with Gasteiger partial charge in [0.1, 0.15) is 4.99 Å². The fraction of sp³-hybridized carbons (Fsp3) is 0.545. The van der Waals surface area contributed by atoms with Crippen LogP contribution in [0.2, 0.25) is 0 Å². The molecular formula is C11H17N5S. The van der Waals surface area contributed by atoms with Crippen molar-refractivity contribution in [1.82, 2.24) is 15.1 Å². The maximum Gasteiger partial charge on any atom is 0.158 e. The molecule has 2 rings (SSSR count). The van der Waals surface area contributed by atoms with Crippen molar-refractivity contribution in [2.45, 2.75) is 18.9 Å². The van der Waals surface area contributed by atoms with E-state index in [4.69, 9.17) is 18.0 Å². The molecule has 1 aliphatic carbocycles. The Labute approximate surface area is 106 Å². The molecule has 1 aliphatic rings.